The largest absolute Gasteiger partial charge is 0.496 e. The fraction of sp³-hybridized carbons (Fsp3) is 0.417. The minimum absolute atomic E-state index is 0. The molecule has 0 heterocycles. The van der Waals surface area contributed by atoms with Crippen LogP contribution in [0.25, 0.3) is 0 Å². The lowest BCUT2D eigenvalue weighted by atomic mass is 10.1. The molecule has 2 aromatic carbocycles. The van der Waals surface area contributed by atoms with Gasteiger partial charge in [-0.1, -0.05) is 36.4 Å². The lowest BCUT2D eigenvalue weighted by molar-refractivity contribution is -0.127. The molecule has 0 radical (unpaired) electrons. The van der Waals surface area contributed by atoms with Crippen molar-refractivity contribution in [2.24, 2.45) is 4.99 Å². The quantitative estimate of drug-likeness (QED) is 0.194. The van der Waals surface area contributed by atoms with Crippen molar-refractivity contribution < 1.29 is 9.53 Å². The predicted molar refractivity (Wildman–Crippen MR) is 143 cm³/mol. The molecule has 7 nitrogen and oxygen atoms in total. The van der Waals surface area contributed by atoms with E-state index >= 15 is 0 Å². The first-order chi connectivity index (χ1) is 15.0. The fourth-order valence-corrected chi connectivity index (χ4v) is 3.02. The molecule has 1 amide bonds. The van der Waals surface area contributed by atoms with E-state index in [1.54, 1.807) is 26.1 Å². The van der Waals surface area contributed by atoms with Crippen LogP contribution >= 0.6 is 24.0 Å². The number of carbonyl (C=O) groups excluding carboxylic acids is 1. The minimum atomic E-state index is -0.0327. The zero-order valence-electron chi connectivity index (χ0n) is 19.5. The molecule has 0 aliphatic heterocycles. The number of likely N-dealkylation sites (N-methyl/N-ethyl adjacent to an activating group) is 1. The van der Waals surface area contributed by atoms with E-state index in [2.05, 4.69) is 45.8 Å². The summed E-state index contributed by atoms with van der Waals surface area (Å²) in [5.74, 6) is 1.49. The third-order valence-corrected chi connectivity index (χ3v) is 4.91. The first-order valence-corrected chi connectivity index (χ1v) is 10.6. The molecule has 2 rings (SSSR count). The van der Waals surface area contributed by atoms with E-state index in [-0.39, 0.29) is 36.4 Å². The molecular formula is C24H36IN5O2. The normalized spacial score (nSPS) is 10.7. The van der Waals surface area contributed by atoms with Crippen LogP contribution in [0.4, 0.5) is 5.69 Å². The highest BCUT2D eigenvalue weighted by molar-refractivity contribution is 14.0. The van der Waals surface area contributed by atoms with Gasteiger partial charge in [-0.05, 0) is 36.6 Å². The van der Waals surface area contributed by atoms with Crippen molar-refractivity contribution in [1.29, 1.82) is 0 Å². The van der Waals surface area contributed by atoms with Crippen LogP contribution in [0.3, 0.4) is 0 Å². The highest BCUT2D eigenvalue weighted by Crippen LogP contribution is 2.17. The van der Waals surface area contributed by atoms with E-state index in [9.17, 15) is 4.79 Å². The van der Waals surface area contributed by atoms with Gasteiger partial charge in [0.1, 0.15) is 12.3 Å². The Bertz CT molecular complexity index is 830. The van der Waals surface area contributed by atoms with Crippen LogP contribution in [0.1, 0.15) is 12.0 Å². The standard InChI is InChI=1S/C24H35N5O2.HI/c1-28(2)23(30)19-27-24(26-17-15-20-11-8-9-14-22(20)31-4)25-16-10-18-29(3)21-12-6-5-7-13-21;/h5-9,11-14H,10,15-19H2,1-4H3,(H2,25,26,27);1H. The second-order valence-corrected chi connectivity index (χ2v) is 7.48. The summed E-state index contributed by atoms with van der Waals surface area (Å²) in [4.78, 5) is 20.2. The lowest BCUT2D eigenvalue weighted by Gasteiger charge is -2.20. The Morgan fingerprint density at radius 3 is 2.31 bits per heavy atom. The van der Waals surface area contributed by atoms with Crippen molar-refractivity contribution in [3.05, 3.63) is 60.2 Å². The Hall–Kier alpha value is -2.49. The number of halogens is 1. The number of rotatable bonds is 11. The second kappa shape index (κ2) is 15.3. The maximum atomic E-state index is 11.9. The molecule has 0 fully saturated rings. The van der Waals surface area contributed by atoms with Gasteiger partial charge in [0.2, 0.25) is 5.91 Å². The van der Waals surface area contributed by atoms with Crippen LogP contribution in [0, 0.1) is 0 Å². The Balaban J connectivity index is 0.00000512. The third kappa shape index (κ3) is 9.76. The molecule has 0 saturated carbocycles. The Morgan fingerprint density at radius 2 is 1.62 bits per heavy atom. The maximum absolute atomic E-state index is 11.9. The number of para-hydroxylation sites is 2. The van der Waals surface area contributed by atoms with Crippen LogP contribution in [-0.2, 0) is 11.2 Å². The van der Waals surface area contributed by atoms with E-state index in [4.69, 9.17) is 4.74 Å². The van der Waals surface area contributed by atoms with Crippen LogP contribution < -0.4 is 20.3 Å². The molecule has 0 saturated heterocycles. The van der Waals surface area contributed by atoms with Gasteiger partial charge in [-0.2, -0.15) is 0 Å². The van der Waals surface area contributed by atoms with Crippen LogP contribution in [-0.4, -0.2) is 71.2 Å². The summed E-state index contributed by atoms with van der Waals surface area (Å²) in [6.07, 6.45) is 1.74. The highest BCUT2D eigenvalue weighted by Gasteiger charge is 2.06. The van der Waals surface area contributed by atoms with Crippen molar-refractivity contribution >= 4 is 41.5 Å². The number of nitrogens with zero attached hydrogens (tertiary/aromatic N) is 3. The molecule has 0 atom stereocenters. The number of ether oxygens (including phenoxy) is 1. The number of benzene rings is 2. The van der Waals surface area contributed by atoms with E-state index in [0.29, 0.717) is 12.5 Å². The summed E-state index contributed by atoms with van der Waals surface area (Å²) in [7, 11) is 7.24. The van der Waals surface area contributed by atoms with Gasteiger partial charge in [0.25, 0.3) is 0 Å². The van der Waals surface area contributed by atoms with Crippen LogP contribution in [0.15, 0.2) is 59.6 Å². The summed E-state index contributed by atoms with van der Waals surface area (Å²) in [5.41, 5.74) is 2.33. The Morgan fingerprint density at radius 1 is 0.969 bits per heavy atom. The molecule has 2 aromatic rings. The van der Waals surface area contributed by atoms with Gasteiger partial charge in [-0.3, -0.25) is 4.79 Å². The van der Waals surface area contributed by atoms with Crippen molar-refractivity contribution in [2.75, 3.05) is 59.3 Å². The fourth-order valence-electron chi connectivity index (χ4n) is 3.02. The average molecular weight is 553 g/mol. The Kier molecular flexibility index (Phi) is 13.2. The maximum Gasteiger partial charge on any atom is 0.243 e. The predicted octanol–water partition coefficient (Wildman–Crippen LogP) is 3.01. The Labute approximate surface area is 209 Å². The monoisotopic (exact) mass is 553 g/mol. The number of carbonyl (C=O) groups is 1. The van der Waals surface area contributed by atoms with Gasteiger partial charge in [0, 0.05) is 46.5 Å². The van der Waals surface area contributed by atoms with E-state index in [1.807, 2.05) is 36.4 Å². The first kappa shape index (κ1) is 27.5. The van der Waals surface area contributed by atoms with Gasteiger partial charge >= 0.3 is 0 Å². The van der Waals surface area contributed by atoms with E-state index in [1.165, 1.54) is 5.69 Å². The number of aliphatic imine (C=N–C) groups is 1. The van der Waals surface area contributed by atoms with E-state index < -0.39 is 0 Å². The van der Waals surface area contributed by atoms with Gasteiger partial charge in [0.05, 0.1) is 7.11 Å². The number of hydrogen-bond acceptors (Lipinski definition) is 4. The van der Waals surface area contributed by atoms with E-state index in [0.717, 1.165) is 37.2 Å². The first-order valence-electron chi connectivity index (χ1n) is 10.6. The molecular weight excluding hydrogens is 517 g/mol. The molecule has 176 valence electrons. The molecule has 0 aliphatic rings. The number of amides is 1. The minimum Gasteiger partial charge on any atom is -0.496 e. The zero-order chi connectivity index (χ0) is 22.5. The topological polar surface area (TPSA) is 69.2 Å². The number of anilines is 1. The third-order valence-electron chi connectivity index (χ3n) is 4.91. The molecule has 32 heavy (non-hydrogen) atoms. The van der Waals surface area contributed by atoms with Gasteiger partial charge in [-0.15, -0.1) is 24.0 Å². The summed E-state index contributed by atoms with van der Waals surface area (Å²) in [6.45, 7) is 2.48. The van der Waals surface area contributed by atoms with Gasteiger partial charge < -0.3 is 25.2 Å². The van der Waals surface area contributed by atoms with Crippen molar-refractivity contribution in [2.45, 2.75) is 12.8 Å². The van der Waals surface area contributed by atoms with Crippen molar-refractivity contribution in [3.63, 3.8) is 0 Å². The number of methoxy groups -OCH3 is 1. The SMILES string of the molecule is COc1ccccc1CCNC(=NCC(=O)N(C)C)NCCCN(C)c1ccccc1.I. The van der Waals surface area contributed by atoms with Gasteiger partial charge in [0.15, 0.2) is 5.96 Å². The molecule has 0 spiro atoms. The molecule has 0 unspecified atom stereocenters. The molecule has 8 heteroatoms. The zero-order valence-corrected chi connectivity index (χ0v) is 21.8. The van der Waals surface area contributed by atoms with Crippen LogP contribution in [0.5, 0.6) is 5.75 Å². The van der Waals surface area contributed by atoms with Crippen molar-refractivity contribution in [1.82, 2.24) is 15.5 Å². The van der Waals surface area contributed by atoms with Crippen molar-refractivity contribution in [3.8, 4) is 5.75 Å². The lowest BCUT2D eigenvalue weighted by Crippen LogP contribution is -2.40. The molecule has 2 N–H and O–H groups in total. The second-order valence-electron chi connectivity index (χ2n) is 7.48. The molecule has 0 aliphatic carbocycles. The number of guanidine groups is 1. The average Bonchev–Trinajstić information content (AvgIpc) is 2.80. The summed E-state index contributed by atoms with van der Waals surface area (Å²) >= 11 is 0. The highest BCUT2D eigenvalue weighted by atomic mass is 127. The number of hydrogen-bond donors (Lipinski definition) is 2. The molecule has 0 bridgehead atoms. The van der Waals surface area contributed by atoms with Crippen LogP contribution in [0.2, 0.25) is 0 Å². The summed E-state index contributed by atoms with van der Waals surface area (Å²) in [6, 6.07) is 18.3. The smallest absolute Gasteiger partial charge is 0.243 e. The number of nitrogens with one attached hydrogen (secondary N) is 2. The summed E-state index contributed by atoms with van der Waals surface area (Å²) < 4.78 is 5.42. The molecule has 0 aromatic heterocycles. The van der Waals surface area contributed by atoms with Gasteiger partial charge in [-0.25, -0.2) is 4.99 Å². The summed E-state index contributed by atoms with van der Waals surface area (Å²) in [5, 5.41) is 6.68.